The SMILES string of the molecule is Cc1cc(-c2nc(C3CCCNC3)no2)cc([N+](=O)[O-])c1. The van der Waals surface area contributed by atoms with Crippen molar-refractivity contribution >= 4 is 5.69 Å². The van der Waals surface area contributed by atoms with Crippen molar-refractivity contribution in [2.45, 2.75) is 25.7 Å². The van der Waals surface area contributed by atoms with Gasteiger partial charge in [-0.1, -0.05) is 5.16 Å². The zero-order valence-electron chi connectivity index (χ0n) is 11.7. The number of nitrogens with zero attached hydrogens (tertiary/aromatic N) is 3. The molecule has 1 fully saturated rings. The van der Waals surface area contributed by atoms with Gasteiger partial charge < -0.3 is 9.84 Å². The average Bonchev–Trinajstić information content (AvgIpc) is 2.97. The molecule has 1 aromatic heterocycles. The van der Waals surface area contributed by atoms with Crippen LogP contribution in [0.2, 0.25) is 0 Å². The average molecular weight is 288 g/mol. The number of rotatable bonds is 3. The molecule has 0 radical (unpaired) electrons. The van der Waals surface area contributed by atoms with Gasteiger partial charge in [-0.2, -0.15) is 4.98 Å². The Morgan fingerprint density at radius 1 is 1.43 bits per heavy atom. The summed E-state index contributed by atoms with van der Waals surface area (Å²) < 4.78 is 5.28. The van der Waals surface area contributed by atoms with Crippen LogP contribution in [-0.2, 0) is 0 Å². The zero-order chi connectivity index (χ0) is 14.8. The quantitative estimate of drug-likeness (QED) is 0.688. The van der Waals surface area contributed by atoms with Crippen molar-refractivity contribution in [2.24, 2.45) is 0 Å². The molecule has 21 heavy (non-hydrogen) atoms. The Balaban J connectivity index is 1.90. The normalized spacial score (nSPS) is 18.6. The molecule has 1 aliphatic heterocycles. The summed E-state index contributed by atoms with van der Waals surface area (Å²) in [5.41, 5.74) is 1.41. The first-order chi connectivity index (χ1) is 10.1. The van der Waals surface area contributed by atoms with Crippen LogP contribution in [0.4, 0.5) is 5.69 Å². The number of piperidine rings is 1. The molecule has 7 heteroatoms. The van der Waals surface area contributed by atoms with Gasteiger partial charge in [0.15, 0.2) is 5.82 Å². The van der Waals surface area contributed by atoms with Gasteiger partial charge in [0, 0.05) is 30.2 Å². The molecule has 1 atom stereocenters. The molecule has 0 saturated carbocycles. The Hall–Kier alpha value is -2.28. The van der Waals surface area contributed by atoms with Crippen LogP contribution in [-0.4, -0.2) is 28.2 Å². The predicted molar refractivity (Wildman–Crippen MR) is 76.0 cm³/mol. The maximum atomic E-state index is 10.9. The number of nitro benzene ring substituents is 1. The minimum Gasteiger partial charge on any atom is -0.334 e. The van der Waals surface area contributed by atoms with Crippen molar-refractivity contribution in [1.82, 2.24) is 15.5 Å². The molecule has 1 unspecified atom stereocenters. The van der Waals surface area contributed by atoms with Crippen LogP contribution in [0.25, 0.3) is 11.5 Å². The molecule has 0 spiro atoms. The number of nitrogens with one attached hydrogen (secondary N) is 1. The first-order valence-electron chi connectivity index (χ1n) is 6.94. The number of hydrogen-bond donors (Lipinski definition) is 1. The molecular weight excluding hydrogens is 272 g/mol. The molecule has 0 amide bonds. The van der Waals surface area contributed by atoms with E-state index >= 15 is 0 Å². The lowest BCUT2D eigenvalue weighted by atomic mass is 9.99. The summed E-state index contributed by atoms with van der Waals surface area (Å²) in [5.74, 6) is 1.25. The van der Waals surface area contributed by atoms with E-state index in [1.54, 1.807) is 6.92 Å². The fourth-order valence-corrected chi connectivity index (χ4v) is 2.58. The Bertz CT molecular complexity index is 662. The molecule has 1 aromatic carbocycles. The maximum Gasteiger partial charge on any atom is 0.270 e. The minimum atomic E-state index is -0.418. The van der Waals surface area contributed by atoms with Gasteiger partial charge in [0.25, 0.3) is 11.6 Å². The summed E-state index contributed by atoms with van der Waals surface area (Å²) in [4.78, 5) is 14.9. The maximum absolute atomic E-state index is 10.9. The fourth-order valence-electron chi connectivity index (χ4n) is 2.58. The van der Waals surface area contributed by atoms with Gasteiger partial charge in [0.2, 0.25) is 0 Å². The second kappa shape index (κ2) is 5.61. The Morgan fingerprint density at radius 3 is 3.00 bits per heavy atom. The summed E-state index contributed by atoms with van der Waals surface area (Å²) >= 11 is 0. The highest BCUT2D eigenvalue weighted by Crippen LogP contribution is 2.27. The van der Waals surface area contributed by atoms with E-state index in [0.717, 1.165) is 31.5 Å². The fraction of sp³-hybridized carbons (Fsp3) is 0.429. The minimum absolute atomic E-state index is 0.0316. The highest BCUT2D eigenvalue weighted by Gasteiger charge is 2.22. The van der Waals surface area contributed by atoms with Crippen LogP contribution < -0.4 is 5.32 Å². The van der Waals surface area contributed by atoms with Crippen LogP contribution in [0, 0.1) is 17.0 Å². The van der Waals surface area contributed by atoms with E-state index in [2.05, 4.69) is 15.5 Å². The first kappa shape index (κ1) is 13.7. The Kier molecular flexibility index (Phi) is 3.66. The first-order valence-corrected chi connectivity index (χ1v) is 6.94. The van der Waals surface area contributed by atoms with Gasteiger partial charge in [-0.15, -0.1) is 0 Å². The third-order valence-electron chi connectivity index (χ3n) is 3.62. The van der Waals surface area contributed by atoms with E-state index in [4.69, 9.17) is 4.52 Å². The van der Waals surface area contributed by atoms with Crippen molar-refractivity contribution < 1.29 is 9.45 Å². The van der Waals surface area contributed by atoms with E-state index in [-0.39, 0.29) is 11.6 Å². The summed E-state index contributed by atoms with van der Waals surface area (Å²) in [6, 6.07) is 4.79. The van der Waals surface area contributed by atoms with Crippen molar-refractivity contribution in [1.29, 1.82) is 0 Å². The van der Waals surface area contributed by atoms with Gasteiger partial charge in [-0.05, 0) is 37.9 Å². The van der Waals surface area contributed by atoms with Crippen LogP contribution in [0.5, 0.6) is 0 Å². The van der Waals surface area contributed by atoms with Gasteiger partial charge in [0.1, 0.15) is 0 Å². The third-order valence-corrected chi connectivity index (χ3v) is 3.62. The number of nitro groups is 1. The van der Waals surface area contributed by atoms with Crippen LogP contribution in [0.15, 0.2) is 22.7 Å². The third kappa shape index (κ3) is 2.92. The van der Waals surface area contributed by atoms with E-state index in [1.165, 1.54) is 12.1 Å². The van der Waals surface area contributed by atoms with Gasteiger partial charge >= 0.3 is 0 Å². The topological polar surface area (TPSA) is 94.1 Å². The largest absolute Gasteiger partial charge is 0.334 e. The molecule has 0 bridgehead atoms. The van der Waals surface area contributed by atoms with Crippen LogP contribution >= 0.6 is 0 Å². The number of non-ortho nitro benzene ring substituents is 1. The highest BCUT2D eigenvalue weighted by molar-refractivity contribution is 5.59. The summed E-state index contributed by atoms with van der Waals surface area (Å²) in [6.07, 6.45) is 2.12. The molecule has 2 aromatic rings. The van der Waals surface area contributed by atoms with Gasteiger partial charge in [-0.25, -0.2) is 0 Å². The lowest BCUT2D eigenvalue weighted by molar-refractivity contribution is -0.384. The molecule has 1 N–H and O–H groups in total. The highest BCUT2D eigenvalue weighted by atomic mass is 16.6. The molecule has 1 aliphatic rings. The lowest BCUT2D eigenvalue weighted by Crippen LogP contribution is -2.28. The van der Waals surface area contributed by atoms with Crippen molar-refractivity contribution in [2.75, 3.05) is 13.1 Å². The van der Waals surface area contributed by atoms with Crippen LogP contribution in [0.3, 0.4) is 0 Å². The second-order valence-corrected chi connectivity index (χ2v) is 5.32. The number of hydrogen-bond acceptors (Lipinski definition) is 6. The number of aryl methyl sites for hydroxylation is 1. The van der Waals surface area contributed by atoms with Crippen molar-refractivity contribution in [3.8, 4) is 11.5 Å². The van der Waals surface area contributed by atoms with Crippen LogP contribution in [0.1, 0.15) is 30.1 Å². The van der Waals surface area contributed by atoms with Gasteiger partial charge in [0.05, 0.1) is 4.92 Å². The van der Waals surface area contributed by atoms with E-state index < -0.39 is 4.92 Å². The smallest absolute Gasteiger partial charge is 0.270 e. The van der Waals surface area contributed by atoms with E-state index in [0.29, 0.717) is 17.3 Å². The summed E-state index contributed by atoms with van der Waals surface area (Å²) in [6.45, 7) is 3.66. The van der Waals surface area contributed by atoms with E-state index in [1.807, 2.05) is 6.07 Å². The molecule has 0 aliphatic carbocycles. The molecular formula is C14H16N4O3. The molecule has 2 heterocycles. The number of aromatic nitrogens is 2. The number of benzene rings is 1. The Morgan fingerprint density at radius 2 is 2.29 bits per heavy atom. The molecule has 110 valence electrons. The van der Waals surface area contributed by atoms with Gasteiger partial charge in [-0.3, -0.25) is 10.1 Å². The van der Waals surface area contributed by atoms with E-state index in [9.17, 15) is 10.1 Å². The molecule has 1 saturated heterocycles. The Labute approximate surface area is 121 Å². The standard InChI is InChI=1S/C14H16N4O3/c1-9-5-11(7-12(6-9)18(19)20)14-16-13(17-21-14)10-3-2-4-15-8-10/h5-7,10,15H,2-4,8H2,1H3. The lowest BCUT2D eigenvalue weighted by Gasteiger charge is -2.19. The van der Waals surface area contributed by atoms with Crippen molar-refractivity contribution in [3.05, 3.63) is 39.7 Å². The zero-order valence-corrected chi connectivity index (χ0v) is 11.7. The summed E-state index contributed by atoms with van der Waals surface area (Å²) in [5, 5.41) is 18.2. The monoisotopic (exact) mass is 288 g/mol. The predicted octanol–water partition coefficient (Wildman–Crippen LogP) is 2.42. The van der Waals surface area contributed by atoms with Crippen molar-refractivity contribution in [3.63, 3.8) is 0 Å². The second-order valence-electron chi connectivity index (χ2n) is 5.32. The summed E-state index contributed by atoms with van der Waals surface area (Å²) in [7, 11) is 0. The molecule has 3 rings (SSSR count). The molecule has 7 nitrogen and oxygen atoms in total.